The molecule has 27 heavy (non-hydrogen) atoms. The summed E-state index contributed by atoms with van der Waals surface area (Å²) in [5.41, 5.74) is 5.42. The Kier molecular flexibility index (Phi) is 4.35. The number of hydrogen-bond acceptors (Lipinski definition) is 3. The zero-order valence-corrected chi connectivity index (χ0v) is 17.6. The van der Waals surface area contributed by atoms with Crippen LogP contribution < -0.4 is 3.11 Å². The van der Waals surface area contributed by atoms with Crippen LogP contribution in [0.25, 0.3) is 21.9 Å². The van der Waals surface area contributed by atoms with Crippen LogP contribution in [0.2, 0.25) is 0 Å². The average Bonchev–Trinajstić information content (AvgIpc) is 3.05. The quantitative estimate of drug-likeness (QED) is 0.231. The van der Waals surface area contributed by atoms with E-state index in [4.69, 9.17) is 4.42 Å². The molecular formula is C23H19IN2O. The topological polar surface area (TPSA) is 40.2 Å². The molecule has 4 aromatic rings. The van der Waals surface area contributed by atoms with Crippen molar-refractivity contribution in [2.45, 2.75) is 26.2 Å². The fourth-order valence-corrected chi connectivity index (χ4v) is 4.26. The summed E-state index contributed by atoms with van der Waals surface area (Å²) in [6, 6.07) is 22.5. The first kappa shape index (κ1) is 17.9. The lowest BCUT2D eigenvalue weighted by atomic mass is 9.86. The van der Waals surface area contributed by atoms with E-state index in [1.807, 2.05) is 24.3 Å². The number of benzene rings is 3. The first-order valence-electron chi connectivity index (χ1n) is 8.81. The third-order valence-electron chi connectivity index (χ3n) is 4.76. The summed E-state index contributed by atoms with van der Waals surface area (Å²) >= 11 is 2.34. The fourth-order valence-electron chi connectivity index (χ4n) is 3.46. The van der Waals surface area contributed by atoms with Crippen LogP contribution in [0.1, 0.15) is 31.9 Å². The van der Waals surface area contributed by atoms with Gasteiger partial charge in [-0.25, -0.2) is 0 Å². The molecule has 3 nitrogen and oxygen atoms in total. The van der Waals surface area contributed by atoms with Gasteiger partial charge < -0.3 is 4.42 Å². The van der Waals surface area contributed by atoms with E-state index in [1.165, 1.54) is 5.56 Å². The molecule has 0 N–H and O–H groups in total. The van der Waals surface area contributed by atoms with E-state index in [9.17, 15) is 5.26 Å². The van der Waals surface area contributed by atoms with Gasteiger partial charge in [0, 0.05) is 10.8 Å². The van der Waals surface area contributed by atoms with Crippen LogP contribution in [0.5, 0.6) is 0 Å². The van der Waals surface area contributed by atoms with Crippen LogP contribution in [-0.2, 0) is 5.41 Å². The lowest BCUT2D eigenvalue weighted by molar-refractivity contribution is 0.591. The fraction of sp³-hybridized carbons (Fsp3) is 0.174. The van der Waals surface area contributed by atoms with Gasteiger partial charge in [0.05, 0.1) is 39.8 Å². The van der Waals surface area contributed by atoms with E-state index in [1.54, 1.807) is 6.07 Å². The molecule has 134 valence electrons. The number of halogens is 1. The molecule has 4 rings (SSSR count). The molecule has 0 aliphatic heterocycles. The summed E-state index contributed by atoms with van der Waals surface area (Å²) in [4.78, 5) is 0. The van der Waals surface area contributed by atoms with E-state index in [0.717, 1.165) is 27.7 Å². The van der Waals surface area contributed by atoms with Gasteiger partial charge in [-0.2, -0.15) is 5.26 Å². The predicted molar refractivity (Wildman–Crippen MR) is 120 cm³/mol. The Morgan fingerprint density at radius 2 is 1.48 bits per heavy atom. The standard InChI is InChI=1S/C23H19IN2O/c1-23(2,3)18-11-4-5-12-19(18)26(24)20-13-7-10-17-16-9-6-8-15(14-25)21(16)27-22(17)20/h4-13H,1-3H3. The van der Waals surface area contributed by atoms with Crippen LogP contribution in [0.4, 0.5) is 11.4 Å². The number of hydrogen-bond donors (Lipinski definition) is 0. The molecule has 0 atom stereocenters. The smallest absolute Gasteiger partial charge is 0.159 e. The van der Waals surface area contributed by atoms with Gasteiger partial charge in [0.15, 0.2) is 11.2 Å². The minimum Gasteiger partial charge on any atom is -0.452 e. The molecule has 0 saturated carbocycles. The van der Waals surface area contributed by atoms with E-state index < -0.39 is 0 Å². The van der Waals surface area contributed by atoms with Crippen molar-refractivity contribution in [2.24, 2.45) is 0 Å². The molecule has 1 heterocycles. The number of para-hydroxylation sites is 3. The van der Waals surface area contributed by atoms with Crippen LogP contribution in [0.15, 0.2) is 65.1 Å². The lowest BCUT2D eigenvalue weighted by Gasteiger charge is -2.27. The first-order chi connectivity index (χ1) is 12.9. The van der Waals surface area contributed by atoms with Crippen molar-refractivity contribution in [1.82, 2.24) is 0 Å². The zero-order chi connectivity index (χ0) is 19.2. The maximum Gasteiger partial charge on any atom is 0.159 e. The highest BCUT2D eigenvalue weighted by Crippen LogP contribution is 2.43. The third kappa shape index (κ3) is 2.96. The number of nitrogens with zero attached hydrogens (tertiary/aromatic N) is 2. The summed E-state index contributed by atoms with van der Waals surface area (Å²) < 4.78 is 8.35. The Hall–Kier alpha value is -2.52. The van der Waals surface area contributed by atoms with E-state index in [2.05, 4.69) is 83.2 Å². The van der Waals surface area contributed by atoms with Crippen LogP contribution in [0, 0.1) is 11.3 Å². The van der Waals surface area contributed by atoms with Crippen LogP contribution in [-0.4, -0.2) is 0 Å². The molecule has 0 spiro atoms. The Morgan fingerprint density at radius 3 is 2.19 bits per heavy atom. The second-order valence-corrected chi connectivity index (χ2v) is 8.56. The lowest BCUT2D eigenvalue weighted by Crippen LogP contribution is -2.15. The SMILES string of the molecule is CC(C)(C)c1ccccc1N(I)c1cccc2c1oc1c(C#N)cccc12. The van der Waals surface area contributed by atoms with Gasteiger partial charge in [-0.05, 0) is 29.2 Å². The molecule has 4 heteroatoms. The van der Waals surface area contributed by atoms with Crippen molar-refractivity contribution in [2.75, 3.05) is 3.11 Å². The third-order valence-corrected chi connectivity index (χ3v) is 5.80. The Bertz CT molecular complexity index is 1190. The number of fused-ring (bicyclic) bond motifs is 3. The molecule has 0 fully saturated rings. The predicted octanol–water partition coefficient (Wildman–Crippen LogP) is 7.24. The largest absolute Gasteiger partial charge is 0.452 e. The van der Waals surface area contributed by atoms with Gasteiger partial charge in [-0.15, -0.1) is 0 Å². The molecule has 0 aliphatic carbocycles. The number of furan rings is 1. The number of rotatable bonds is 2. The van der Waals surface area contributed by atoms with Crippen molar-refractivity contribution in [3.05, 3.63) is 71.8 Å². The molecule has 0 saturated heterocycles. The summed E-state index contributed by atoms with van der Waals surface area (Å²) in [7, 11) is 0. The maximum absolute atomic E-state index is 9.42. The van der Waals surface area contributed by atoms with E-state index in [0.29, 0.717) is 11.1 Å². The molecule has 3 aromatic carbocycles. The molecule has 0 amide bonds. The van der Waals surface area contributed by atoms with Crippen molar-refractivity contribution < 1.29 is 4.42 Å². The summed E-state index contributed by atoms with van der Waals surface area (Å²) in [5, 5.41) is 11.4. The Balaban J connectivity index is 1.97. The molecule has 1 aromatic heterocycles. The van der Waals surface area contributed by atoms with E-state index >= 15 is 0 Å². The maximum atomic E-state index is 9.42. The van der Waals surface area contributed by atoms with Crippen molar-refractivity contribution in [3.8, 4) is 6.07 Å². The summed E-state index contributed by atoms with van der Waals surface area (Å²) in [6.07, 6.45) is 0. The molecule has 0 bridgehead atoms. The number of nitriles is 1. The first-order valence-corrected chi connectivity index (χ1v) is 9.78. The van der Waals surface area contributed by atoms with Gasteiger partial charge in [-0.3, -0.25) is 3.11 Å². The normalized spacial score (nSPS) is 11.7. The average molecular weight is 466 g/mol. The second-order valence-electron chi connectivity index (χ2n) is 7.60. The molecular weight excluding hydrogens is 447 g/mol. The van der Waals surface area contributed by atoms with Crippen molar-refractivity contribution in [3.63, 3.8) is 0 Å². The summed E-state index contributed by atoms with van der Waals surface area (Å²) in [6.45, 7) is 6.66. The minimum atomic E-state index is 0.0236. The van der Waals surface area contributed by atoms with Crippen molar-refractivity contribution >= 4 is 56.2 Å². The Morgan fingerprint density at radius 1 is 0.852 bits per heavy atom. The van der Waals surface area contributed by atoms with Gasteiger partial charge in [0.25, 0.3) is 0 Å². The van der Waals surface area contributed by atoms with Crippen LogP contribution in [0.3, 0.4) is 0 Å². The molecule has 0 aliphatic rings. The van der Waals surface area contributed by atoms with Gasteiger partial charge in [0.1, 0.15) is 6.07 Å². The highest BCUT2D eigenvalue weighted by molar-refractivity contribution is 14.1. The molecule has 0 radical (unpaired) electrons. The monoisotopic (exact) mass is 466 g/mol. The molecule has 0 unspecified atom stereocenters. The minimum absolute atomic E-state index is 0.0236. The van der Waals surface area contributed by atoms with Gasteiger partial charge in [0.2, 0.25) is 0 Å². The summed E-state index contributed by atoms with van der Waals surface area (Å²) in [5.74, 6) is 0. The van der Waals surface area contributed by atoms with Crippen LogP contribution >= 0.6 is 22.9 Å². The highest BCUT2D eigenvalue weighted by atomic mass is 127. The second kappa shape index (κ2) is 6.58. The Labute approximate surface area is 172 Å². The number of anilines is 2. The van der Waals surface area contributed by atoms with Crippen molar-refractivity contribution in [1.29, 1.82) is 5.26 Å². The van der Waals surface area contributed by atoms with Gasteiger partial charge >= 0.3 is 0 Å². The highest BCUT2D eigenvalue weighted by Gasteiger charge is 2.23. The van der Waals surface area contributed by atoms with Gasteiger partial charge in [-0.1, -0.05) is 63.2 Å². The zero-order valence-electron chi connectivity index (χ0n) is 15.5. The van der Waals surface area contributed by atoms with E-state index in [-0.39, 0.29) is 5.41 Å².